The van der Waals surface area contributed by atoms with Crippen LogP contribution in [-0.2, 0) is 23.1 Å². The minimum atomic E-state index is 0.00729. The molecule has 0 atom stereocenters. The highest BCUT2D eigenvalue weighted by molar-refractivity contribution is 5.96. The molecule has 3 aromatic rings. The number of rotatable bonds is 10. The van der Waals surface area contributed by atoms with E-state index in [1.54, 1.807) is 0 Å². The van der Waals surface area contributed by atoms with Gasteiger partial charge in [-0.3, -0.25) is 4.99 Å². The molecule has 0 bridgehead atoms. The summed E-state index contributed by atoms with van der Waals surface area (Å²) in [5.74, 6) is 1.77. The SMILES string of the molecule is CC.CCOCCn1c(C2CCN(CCc3ccc(C(C)(C)C4=NC(C)(C)CC4)cc3)CC2)nc2ccccc21. The molecule has 40 heavy (non-hydrogen) atoms. The molecule has 0 spiro atoms. The summed E-state index contributed by atoms with van der Waals surface area (Å²) in [7, 11) is 0. The largest absolute Gasteiger partial charge is 0.380 e. The zero-order valence-electron chi connectivity index (χ0n) is 26.2. The second-order valence-electron chi connectivity index (χ2n) is 12.4. The number of piperidine rings is 1. The fourth-order valence-electron chi connectivity index (χ4n) is 6.25. The number of benzene rings is 2. The molecule has 5 heteroatoms. The van der Waals surface area contributed by atoms with E-state index in [1.165, 1.54) is 41.0 Å². The number of aromatic nitrogens is 2. The van der Waals surface area contributed by atoms with Crippen LogP contribution in [0, 0.1) is 0 Å². The molecule has 0 unspecified atom stereocenters. The zero-order chi connectivity index (χ0) is 28.8. The van der Waals surface area contributed by atoms with Crippen LogP contribution in [0.5, 0.6) is 0 Å². The van der Waals surface area contributed by atoms with E-state index in [9.17, 15) is 0 Å². The number of fused-ring (bicyclic) bond motifs is 1. The Hall–Kier alpha value is -2.50. The van der Waals surface area contributed by atoms with E-state index in [2.05, 4.69) is 92.6 Å². The second kappa shape index (κ2) is 13.4. The van der Waals surface area contributed by atoms with E-state index >= 15 is 0 Å². The topological polar surface area (TPSA) is 42.6 Å². The Kier molecular flexibility index (Phi) is 10.2. The lowest BCUT2D eigenvalue weighted by Crippen LogP contribution is -2.35. The van der Waals surface area contributed by atoms with E-state index in [-0.39, 0.29) is 11.0 Å². The number of aliphatic imine (C=N–C) groups is 1. The van der Waals surface area contributed by atoms with Crippen molar-refractivity contribution < 1.29 is 4.74 Å². The number of nitrogens with zero attached hydrogens (tertiary/aromatic N) is 4. The van der Waals surface area contributed by atoms with Crippen molar-refractivity contribution >= 4 is 16.7 Å². The quantitative estimate of drug-likeness (QED) is 0.244. The summed E-state index contributed by atoms with van der Waals surface area (Å²) in [5, 5.41) is 0. The Labute approximate surface area is 243 Å². The van der Waals surface area contributed by atoms with Gasteiger partial charge in [0, 0.05) is 36.7 Å². The van der Waals surface area contributed by atoms with Gasteiger partial charge in [0.05, 0.1) is 23.2 Å². The maximum absolute atomic E-state index is 5.69. The zero-order valence-corrected chi connectivity index (χ0v) is 26.2. The monoisotopic (exact) mass is 544 g/mol. The fourth-order valence-corrected chi connectivity index (χ4v) is 6.25. The van der Waals surface area contributed by atoms with E-state index in [0.717, 1.165) is 64.2 Å². The third-order valence-corrected chi connectivity index (χ3v) is 8.83. The minimum absolute atomic E-state index is 0.00729. The number of hydrogen-bond acceptors (Lipinski definition) is 4. The van der Waals surface area contributed by atoms with Crippen molar-refractivity contribution in [1.29, 1.82) is 0 Å². The van der Waals surface area contributed by atoms with E-state index < -0.39 is 0 Å². The molecule has 0 amide bonds. The second-order valence-corrected chi connectivity index (χ2v) is 12.4. The molecule has 218 valence electrons. The smallest absolute Gasteiger partial charge is 0.113 e. The molecule has 0 saturated carbocycles. The van der Waals surface area contributed by atoms with Crippen LogP contribution in [0.2, 0.25) is 0 Å². The molecule has 1 aromatic heterocycles. The normalized spacial score (nSPS) is 18.0. The van der Waals surface area contributed by atoms with Crippen LogP contribution < -0.4 is 0 Å². The van der Waals surface area contributed by atoms with Gasteiger partial charge in [-0.1, -0.05) is 64.1 Å². The lowest BCUT2D eigenvalue weighted by Gasteiger charge is -2.32. The Morgan fingerprint density at radius 3 is 2.33 bits per heavy atom. The van der Waals surface area contributed by atoms with Crippen molar-refractivity contribution in [3.05, 3.63) is 65.5 Å². The van der Waals surface area contributed by atoms with Crippen LogP contribution in [-0.4, -0.2) is 58.5 Å². The van der Waals surface area contributed by atoms with Gasteiger partial charge in [-0.2, -0.15) is 0 Å². The summed E-state index contributed by atoms with van der Waals surface area (Å²) in [5.41, 5.74) is 6.61. The highest BCUT2D eigenvalue weighted by atomic mass is 16.5. The maximum atomic E-state index is 5.69. The molecule has 1 saturated heterocycles. The molecule has 2 aromatic carbocycles. The van der Waals surface area contributed by atoms with Gasteiger partial charge < -0.3 is 14.2 Å². The van der Waals surface area contributed by atoms with Crippen LogP contribution in [0.3, 0.4) is 0 Å². The third-order valence-electron chi connectivity index (χ3n) is 8.83. The summed E-state index contributed by atoms with van der Waals surface area (Å²) >= 11 is 0. The lowest BCUT2D eigenvalue weighted by molar-refractivity contribution is 0.138. The van der Waals surface area contributed by atoms with Crippen molar-refractivity contribution in [1.82, 2.24) is 14.5 Å². The molecule has 2 aliphatic heterocycles. The van der Waals surface area contributed by atoms with Crippen LogP contribution in [0.4, 0.5) is 0 Å². The standard InChI is InChI=1S/C33H46N4O.C2H6/c1-6-38-24-23-37-29-10-8-7-9-28(29)34-31(37)26-17-21-36(22-18-26)20-16-25-11-13-27(14-12-25)33(4,5)30-15-19-32(2,3)35-30;1-2/h7-14,26H,6,15-24H2,1-5H3;1-2H3. The van der Waals surface area contributed by atoms with Crippen molar-refractivity contribution in [2.24, 2.45) is 4.99 Å². The molecule has 0 N–H and O–H groups in total. The van der Waals surface area contributed by atoms with Crippen molar-refractivity contribution in [2.75, 3.05) is 32.8 Å². The average molecular weight is 545 g/mol. The van der Waals surface area contributed by atoms with E-state index in [0.29, 0.717) is 5.92 Å². The van der Waals surface area contributed by atoms with Gasteiger partial charge in [0.25, 0.3) is 0 Å². The summed E-state index contributed by atoms with van der Waals surface area (Å²) in [6.45, 7) is 21.0. The van der Waals surface area contributed by atoms with Gasteiger partial charge in [-0.25, -0.2) is 4.98 Å². The first-order valence-electron chi connectivity index (χ1n) is 15.7. The van der Waals surface area contributed by atoms with Crippen molar-refractivity contribution in [2.45, 2.75) is 104 Å². The summed E-state index contributed by atoms with van der Waals surface area (Å²) in [6.07, 6.45) is 5.71. The van der Waals surface area contributed by atoms with Crippen LogP contribution in [0.15, 0.2) is 53.5 Å². The first-order chi connectivity index (χ1) is 19.3. The Morgan fingerprint density at radius 1 is 0.975 bits per heavy atom. The van der Waals surface area contributed by atoms with Gasteiger partial charge in [-0.15, -0.1) is 0 Å². The predicted octanol–water partition coefficient (Wildman–Crippen LogP) is 7.81. The van der Waals surface area contributed by atoms with E-state index in [1.807, 2.05) is 13.8 Å². The van der Waals surface area contributed by atoms with Crippen molar-refractivity contribution in [3.63, 3.8) is 0 Å². The molecule has 5 nitrogen and oxygen atoms in total. The number of likely N-dealkylation sites (tertiary alicyclic amines) is 1. The first-order valence-corrected chi connectivity index (χ1v) is 15.7. The number of hydrogen-bond donors (Lipinski definition) is 0. The Balaban J connectivity index is 0.00000181. The van der Waals surface area contributed by atoms with Gasteiger partial charge in [0.2, 0.25) is 0 Å². The molecule has 0 radical (unpaired) electrons. The van der Waals surface area contributed by atoms with E-state index in [4.69, 9.17) is 14.7 Å². The molecular weight excluding hydrogens is 492 g/mol. The highest BCUT2D eigenvalue weighted by Crippen LogP contribution is 2.35. The molecule has 3 heterocycles. The fraction of sp³-hybridized carbons (Fsp3) is 0.600. The van der Waals surface area contributed by atoms with Gasteiger partial charge in [-0.05, 0) is 89.2 Å². The van der Waals surface area contributed by atoms with Gasteiger partial charge in [0.15, 0.2) is 0 Å². The van der Waals surface area contributed by atoms with Crippen LogP contribution in [0.1, 0.15) is 97.0 Å². The van der Waals surface area contributed by atoms with Crippen LogP contribution in [0.25, 0.3) is 11.0 Å². The first kappa shape index (κ1) is 30.5. The summed E-state index contributed by atoms with van der Waals surface area (Å²) in [6, 6.07) is 17.9. The van der Waals surface area contributed by atoms with Gasteiger partial charge >= 0.3 is 0 Å². The molecule has 1 fully saturated rings. The van der Waals surface area contributed by atoms with Crippen molar-refractivity contribution in [3.8, 4) is 0 Å². The number of ether oxygens (including phenoxy) is 1. The Bertz CT molecular complexity index is 1250. The predicted molar refractivity (Wildman–Crippen MR) is 170 cm³/mol. The molecule has 2 aliphatic rings. The third kappa shape index (κ3) is 7.03. The minimum Gasteiger partial charge on any atom is -0.380 e. The summed E-state index contributed by atoms with van der Waals surface area (Å²) in [4.78, 5) is 12.8. The maximum Gasteiger partial charge on any atom is 0.113 e. The molecule has 5 rings (SSSR count). The average Bonchev–Trinajstić information content (AvgIpc) is 3.54. The summed E-state index contributed by atoms with van der Waals surface area (Å²) < 4.78 is 8.10. The molecular formula is C35H52N4O. The lowest BCUT2D eigenvalue weighted by atomic mass is 9.78. The van der Waals surface area contributed by atoms with Crippen LogP contribution >= 0.6 is 0 Å². The number of para-hydroxylation sites is 2. The highest BCUT2D eigenvalue weighted by Gasteiger charge is 2.34. The number of imidazole rings is 1. The van der Waals surface area contributed by atoms with Gasteiger partial charge in [0.1, 0.15) is 5.82 Å². The Morgan fingerprint density at radius 2 is 1.68 bits per heavy atom. The molecule has 0 aliphatic carbocycles.